The molecule has 0 aliphatic heterocycles. The Morgan fingerprint density at radius 2 is 2.04 bits per heavy atom. The van der Waals surface area contributed by atoms with Gasteiger partial charge in [-0.25, -0.2) is 4.52 Å². The quantitative estimate of drug-likeness (QED) is 0.606. The Morgan fingerprint density at radius 3 is 2.89 bits per heavy atom. The van der Waals surface area contributed by atoms with Crippen molar-refractivity contribution in [3.05, 3.63) is 66.1 Å². The van der Waals surface area contributed by atoms with E-state index in [4.69, 9.17) is 4.98 Å². The highest BCUT2D eigenvalue weighted by molar-refractivity contribution is 5.77. The number of fused-ring (bicyclic) bond motifs is 2. The van der Waals surface area contributed by atoms with Crippen molar-refractivity contribution >= 4 is 11.6 Å². The van der Waals surface area contributed by atoms with Crippen LogP contribution in [0, 0.1) is 0 Å². The summed E-state index contributed by atoms with van der Waals surface area (Å²) >= 11 is 0. The molecule has 1 aliphatic carbocycles. The first-order chi connectivity index (χ1) is 13.3. The van der Waals surface area contributed by atoms with Crippen molar-refractivity contribution in [2.45, 2.75) is 38.8 Å². The average Bonchev–Trinajstić information content (AvgIpc) is 3.31. The number of pyridine rings is 1. The Labute approximate surface area is 157 Å². The van der Waals surface area contributed by atoms with Gasteiger partial charge in [-0.3, -0.25) is 4.68 Å². The van der Waals surface area contributed by atoms with Gasteiger partial charge in [-0.05, 0) is 49.4 Å². The third-order valence-electron chi connectivity index (χ3n) is 5.31. The van der Waals surface area contributed by atoms with Gasteiger partial charge in [0.25, 0.3) is 0 Å². The Morgan fingerprint density at radius 1 is 1.15 bits per heavy atom. The second-order valence-electron chi connectivity index (χ2n) is 7.01. The number of hydrogen-bond donors (Lipinski definition) is 1. The lowest BCUT2D eigenvalue weighted by Gasteiger charge is -2.23. The van der Waals surface area contributed by atoms with Crippen molar-refractivity contribution in [1.82, 2.24) is 24.4 Å². The maximum atomic E-state index is 4.78. The predicted molar refractivity (Wildman–Crippen MR) is 106 cm³/mol. The Bertz CT molecular complexity index is 1080. The van der Waals surface area contributed by atoms with Crippen LogP contribution in [0.5, 0.6) is 0 Å². The highest BCUT2D eigenvalue weighted by Gasteiger charge is 2.23. The molecule has 0 fully saturated rings. The fourth-order valence-corrected chi connectivity index (χ4v) is 3.98. The van der Waals surface area contributed by atoms with E-state index in [1.54, 1.807) is 0 Å². The maximum Gasteiger partial charge on any atom is 0.243 e. The number of nitrogens with one attached hydrogen (secondary N) is 1. The normalized spacial score (nSPS) is 16.4. The van der Waals surface area contributed by atoms with Crippen LogP contribution in [0.1, 0.15) is 24.6 Å². The van der Waals surface area contributed by atoms with Crippen molar-refractivity contribution in [3.63, 3.8) is 0 Å². The number of anilines is 1. The van der Waals surface area contributed by atoms with Crippen LogP contribution < -0.4 is 5.32 Å². The molecule has 1 N–H and O–H groups in total. The van der Waals surface area contributed by atoms with Crippen LogP contribution in [-0.2, 0) is 19.4 Å². The van der Waals surface area contributed by atoms with Crippen LogP contribution in [0.3, 0.4) is 0 Å². The average molecular weight is 358 g/mol. The van der Waals surface area contributed by atoms with Crippen molar-refractivity contribution < 1.29 is 0 Å². The Kier molecular flexibility index (Phi) is 3.89. The highest BCUT2D eigenvalue weighted by Crippen LogP contribution is 2.26. The van der Waals surface area contributed by atoms with Gasteiger partial charge >= 0.3 is 0 Å². The summed E-state index contributed by atoms with van der Waals surface area (Å²) < 4.78 is 3.97. The van der Waals surface area contributed by atoms with E-state index in [1.807, 2.05) is 41.2 Å². The number of nitrogens with zero attached hydrogens (tertiary/aromatic N) is 5. The lowest BCUT2D eigenvalue weighted by molar-refractivity contribution is 0.552. The van der Waals surface area contributed by atoms with Crippen LogP contribution in [0.25, 0.3) is 16.8 Å². The predicted octanol–water partition coefficient (Wildman–Crippen LogP) is 3.58. The van der Waals surface area contributed by atoms with Gasteiger partial charge in [0, 0.05) is 30.0 Å². The minimum absolute atomic E-state index is 0.338. The van der Waals surface area contributed by atoms with Gasteiger partial charge in [-0.2, -0.15) is 10.1 Å². The van der Waals surface area contributed by atoms with Gasteiger partial charge < -0.3 is 5.32 Å². The van der Waals surface area contributed by atoms with Crippen molar-refractivity contribution in [2.75, 3.05) is 5.32 Å². The molecule has 0 bridgehead atoms. The monoisotopic (exact) mass is 358 g/mol. The highest BCUT2D eigenvalue weighted by atomic mass is 15.3. The molecule has 1 aromatic carbocycles. The second kappa shape index (κ2) is 6.54. The van der Waals surface area contributed by atoms with E-state index in [0.29, 0.717) is 12.0 Å². The van der Waals surface area contributed by atoms with Crippen LogP contribution in [0.2, 0.25) is 0 Å². The summed E-state index contributed by atoms with van der Waals surface area (Å²) in [4.78, 5) is 4.78. The molecule has 1 unspecified atom stereocenters. The summed E-state index contributed by atoms with van der Waals surface area (Å²) in [5.41, 5.74) is 5.84. The van der Waals surface area contributed by atoms with E-state index in [1.165, 1.54) is 11.3 Å². The topological polar surface area (TPSA) is 60.0 Å². The van der Waals surface area contributed by atoms with Crippen molar-refractivity contribution in [3.8, 4) is 11.1 Å². The third kappa shape index (κ3) is 2.87. The summed E-state index contributed by atoms with van der Waals surface area (Å²) in [7, 11) is 0. The van der Waals surface area contributed by atoms with Gasteiger partial charge in [-0.1, -0.05) is 30.3 Å². The molecule has 0 radical (unpaired) electrons. The lowest BCUT2D eigenvalue weighted by Crippen LogP contribution is -2.28. The first-order valence-electron chi connectivity index (χ1n) is 9.52. The van der Waals surface area contributed by atoms with Crippen LogP contribution in [0.15, 0.2) is 54.9 Å². The molecule has 5 rings (SSSR count). The molecule has 4 aromatic rings. The Balaban J connectivity index is 1.42. The van der Waals surface area contributed by atoms with E-state index in [-0.39, 0.29) is 0 Å². The number of aromatic nitrogens is 5. The SMILES string of the molecule is CCn1ncc2c1CCC(Nc1nc3c(-c4ccccc4)cccn3n1)C2. The summed E-state index contributed by atoms with van der Waals surface area (Å²) in [5, 5.41) is 12.7. The molecule has 0 spiro atoms. The molecule has 6 nitrogen and oxygen atoms in total. The van der Waals surface area contributed by atoms with Gasteiger partial charge in [0.1, 0.15) is 0 Å². The van der Waals surface area contributed by atoms with Gasteiger partial charge in [0.15, 0.2) is 5.65 Å². The first-order valence-corrected chi connectivity index (χ1v) is 9.52. The zero-order valence-corrected chi connectivity index (χ0v) is 15.3. The fourth-order valence-electron chi connectivity index (χ4n) is 3.98. The molecule has 0 saturated heterocycles. The van der Waals surface area contributed by atoms with Crippen LogP contribution in [-0.4, -0.2) is 30.4 Å². The molecule has 1 aliphatic rings. The minimum atomic E-state index is 0.338. The number of hydrogen-bond acceptors (Lipinski definition) is 4. The summed E-state index contributed by atoms with van der Waals surface area (Å²) in [6.45, 7) is 3.08. The lowest BCUT2D eigenvalue weighted by atomic mass is 9.93. The van der Waals surface area contributed by atoms with Crippen LogP contribution >= 0.6 is 0 Å². The van der Waals surface area contributed by atoms with E-state index in [0.717, 1.165) is 42.6 Å². The zero-order valence-electron chi connectivity index (χ0n) is 15.3. The molecule has 0 saturated carbocycles. The summed E-state index contributed by atoms with van der Waals surface area (Å²) in [6.07, 6.45) is 7.04. The van der Waals surface area contributed by atoms with Crippen LogP contribution in [0.4, 0.5) is 5.95 Å². The van der Waals surface area contributed by atoms with Crippen molar-refractivity contribution in [1.29, 1.82) is 0 Å². The zero-order chi connectivity index (χ0) is 18.2. The summed E-state index contributed by atoms with van der Waals surface area (Å²) in [5.74, 6) is 0.690. The maximum absolute atomic E-state index is 4.78. The molecule has 3 aromatic heterocycles. The first kappa shape index (κ1) is 16.1. The fraction of sp³-hybridized carbons (Fsp3) is 0.286. The Hall–Kier alpha value is -3.15. The molecular formula is C21H22N6. The van der Waals surface area contributed by atoms with Gasteiger partial charge in [0.05, 0.1) is 6.20 Å². The standard InChI is InChI=1S/C21H22N6/c1-2-26-19-11-10-17(13-16(19)14-22-26)23-21-24-20-18(9-6-12-27(20)25-21)15-7-4-3-5-8-15/h3-9,12,14,17H,2,10-11,13H2,1H3,(H,23,25). The smallest absolute Gasteiger partial charge is 0.243 e. The molecule has 6 heteroatoms. The van der Waals surface area contributed by atoms with Crippen molar-refractivity contribution in [2.24, 2.45) is 0 Å². The number of benzene rings is 1. The number of rotatable bonds is 4. The van der Waals surface area contributed by atoms with E-state index >= 15 is 0 Å². The van der Waals surface area contributed by atoms with E-state index < -0.39 is 0 Å². The molecule has 27 heavy (non-hydrogen) atoms. The largest absolute Gasteiger partial charge is 0.350 e. The second-order valence-corrected chi connectivity index (χ2v) is 7.01. The molecule has 0 amide bonds. The van der Waals surface area contributed by atoms with E-state index in [9.17, 15) is 0 Å². The van der Waals surface area contributed by atoms with Gasteiger partial charge in [-0.15, -0.1) is 5.10 Å². The third-order valence-corrected chi connectivity index (χ3v) is 5.31. The minimum Gasteiger partial charge on any atom is -0.350 e. The number of aryl methyl sites for hydroxylation is 1. The molecule has 136 valence electrons. The molecular weight excluding hydrogens is 336 g/mol. The van der Waals surface area contributed by atoms with Gasteiger partial charge in [0.2, 0.25) is 5.95 Å². The molecule has 1 atom stereocenters. The van der Waals surface area contributed by atoms with E-state index in [2.05, 4.69) is 45.3 Å². The summed E-state index contributed by atoms with van der Waals surface area (Å²) in [6, 6.07) is 14.8. The molecule has 3 heterocycles.